The second kappa shape index (κ2) is 7.49. The van der Waals surface area contributed by atoms with Gasteiger partial charge in [0.05, 0.1) is 16.5 Å². The Morgan fingerprint density at radius 1 is 1.29 bits per heavy atom. The average Bonchev–Trinajstić information content (AvgIpc) is 3.30. The number of nitrogens with zero attached hydrogens (tertiary/aromatic N) is 3. The van der Waals surface area contributed by atoms with Crippen LogP contribution in [0.5, 0.6) is 0 Å². The maximum atomic E-state index is 12.5. The van der Waals surface area contributed by atoms with Crippen LogP contribution in [0.1, 0.15) is 42.9 Å². The van der Waals surface area contributed by atoms with Crippen molar-refractivity contribution in [2.24, 2.45) is 0 Å². The van der Waals surface area contributed by atoms with E-state index in [9.17, 15) is 24.0 Å². The van der Waals surface area contributed by atoms with Crippen LogP contribution in [0, 0.1) is 0 Å². The summed E-state index contributed by atoms with van der Waals surface area (Å²) in [6.45, 7) is 3.21. The van der Waals surface area contributed by atoms with E-state index in [1.54, 1.807) is 18.4 Å². The number of ether oxygens (including phenoxy) is 1. The summed E-state index contributed by atoms with van der Waals surface area (Å²) in [6, 6.07) is 3.62. The van der Waals surface area contributed by atoms with Gasteiger partial charge in [-0.1, -0.05) is 6.92 Å². The van der Waals surface area contributed by atoms with Gasteiger partial charge in [-0.15, -0.1) is 0 Å². The van der Waals surface area contributed by atoms with Gasteiger partial charge >= 0.3 is 12.0 Å². The van der Waals surface area contributed by atoms with E-state index in [1.807, 2.05) is 0 Å². The molecule has 11 heteroatoms. The van der Waals surface area contributed by atoms with Crippen molar-refractivity contribution in [1.29, 1.82) is 0 Å². The lowest BCUT2D eigenvalue weighted by Crippen LogP contribution is -2.49. The Morgan fingerprint density at radius 2 is 2.06 bits per heavy atom. The molecule has 11 nitrogen and oxygen atoms in total. The molecule has 3 heterocycles. The first kappa shape index (κ1) is 20.5. The zero-order valence-corrected chi connectivity index (χ0v) is 17.1. The van der Waals surface area contributed by atoms with Crippen LogP contribution in [0.3, 0.4) is 0 Å². The van der Waals surface area contributed by atoms with Crippen LogP contribution < -0.4 is 16.3 Å². The van der Waals surface area contributed by atoms with Crippen molar-refractivity contribution in [3.63, 3.8) is 0 Å². The van der Waals surface area contributed by atoms with Gasteiger partial charge in [-0.3, -0.25) is 24.4 Å². The number of aryl methyl sites for hydroxylation is 1. The molecule has 1 fully saturated rings. The Morgan fingerprint density at radius 3 is 2.77 bits per heavy atom. The van der Waals surface area contributed by atoms with Gasteiger partial charge in [0.1, 0.15) is 11.4 Å². The molecule has 1 aromatic carbocycles. The molecule has 0 unspecified atom stereocenters. The van der Waals surface area contributed by atoms with Crippen LogP contribution in [0.4, 0.5) is 4.79 Å². The van der Waals surface area contributed by atoms with Gasteiger partial charge in [0.2, 0.25) is 0 Å². The molecule has 162 valence electrons. The molecule has 31 heavy (non-hydrogen) atoms. The summed E-state index contributed by atoms with van der Waals surface area (Å²) < 4.78 is 6.62. The van der Waals surface area contributed by atoms with Crippen molar-refractivity contribution in [2.75, 3.05) is 6.61 Å². The second-order valence-electron chi connectivity index (χ2n) is 7.69. The van der Waals surface area contributed by atoms with E-state index in [1.165, 1.54) is 18.2 Å². The SMILES string of the molecule is CC[C@]1(C)NC(=O)N(NC(=O)COC(=O)c2ccc3c(=O)n4c(nc3c2)CCC4)C1=O. The Labute approximate surface area is 176 Å². The molecular formula is C20H21N5O6. The Balaban J connectivity index is 1.42. The fourth-order valence-corrected chi connectivity index (χ4v) is 3.61. The van der Waals surface area contributed by atoms with Crippen molar-refractivity contribution in [2.45, 2.75) is 45.2 Å². The minimum absolute atomic E-state index is 0.128. The van der Waals surface area contributed by atoms with Gasteiger partial charge in [-0.2, -0.15) is 5.01 Å². The largest absolute Gasteiger partial charge is 0.452 e. The number of carbonyl (C=O) groups excluding carboxylic acids is 4. The molecule has 0 bridgehead atoms. The van der Waals surface area contributed by atoms with Crippen molar-refractivity contribution in [3.8, 4) is 0 Å². The fourth-order valence-electron chi connectivity index (χ4n) is 3.61. The predicted molar refractivity (Wildman–Crippen MR) is 107 cm³/mol. The lowest BCUT2D eigenvalue weighted by Gasteiger charge is -2.19. The highest BCUT2D eigenvalue weighted by atomic mass is 16.5. The zero-order chi connectivity index (χ0) is 22.3. The van der Waals surface area contributed by atoms with E-state index in [0.717, 1.165) is 6.42 Å². The molecule has 0 radical (unpaired) electrons. The zero-order valence-electron chi connectivity index (χ0n) is 17.1. The molecule has 1 atom stereocenters. The van der Waals surface area contributed by atoms with Crippen LogP contribution >= 0.6 is 0 Å². The molecule has 4 rings (SSSR count). The number of hydrazine groups is 1. The van der Waals surface area contributed by atoms with Crippen molar-refractivity contribution >= 4 is 34.7 Å². The first-order valence-electron chi connectivity index (χ1n) is 9.90. The summed E-state index contributed by atoms with van der Waals surface area (Å²) in [5.74, 6) is -1.56. The van der Waals surface area contributed by atoms with Gasteiger partial charge in [0, 0.05) is 13.0 Å². The molecule has 2 aliphatic heterocycles. The van der Waals surface area contributed by atoms with Gasteiger partial charge in [0.25, 0.3) is 17.4 Å². The maximum Gasteiger partial charge on any atom is 0.344 e. The Kier molecular flexibility index (Phi) is 4.96. The smallest absolute Gasteiger partial charge is 0.344 e. The number of amides is 4. The highest BCUT2D eigenvalue weighted by Crippen LogP contribution is 2.19. The molecule has 2 aromatic rings. The third-order valence-corrected chi connectivity index (χ3v) is 5.59. The summed E-state index contributed by atoms with van der Waals surface area (Å²) in [5.41, 5.74) is 1.40. The Bertz CT molecular complexity index is 1190. The number of benzene rings is 1. The van der Waals surface area contributed by atoms with Crippen molar-refractivity contribution in [1.82, 2.24) is 25.3 Å². The minimum atomic E-state index is -1.10. The summed E-state index contributed by atoms with van der Waals surface area (Å²) in [5, 5.41) is 3.47. The standard InChI is InChI=1S/C20H21N5O6/c1-3-20(2)18(29)25(19(30)22-20)23-15(26)10-31-17(28)11-6-7-12-13(9-11)21-14-5-4-8-24(14)16(12)27/h6-7,9H,3-5,8,10H2,1-2H3,(H,22,30)(H,23,26)/t20-/m0/s1. The minimum Gasteiger partial charge on any atom is -0.452 e. The average molecular weight is 427 g/mol. The summed E-state index contributed by atoms with van der Waals surface area (Å²) in [6.07, 6.45) is 1.89. The number of fused-ring (bicyclic) bond motifs is 2. The van der Waals surface area contributed by atoms with Crippen LogP contribution in [0.15, 0.2) is 23.0 Å². The molecule has 1 aromatic heterocycles. The first-order valence-corrected chi connectivity index (χ1v) is 9.90. The number of nitrogens with one attached hydrogen (secondary N) is 2. The fraction of sp³-hybridized carbons (Fsp3) is 0.400. The molecule has 0 spiro atoms. The van der Waals surface area contributed by atoms with Gasteiger partial charge in [-0.05, 0) is 38.0 Å². The van der Waals surface area contributed by atoms with E-state index in [2.05, 4.69) is 15.7 Å². The number of rotatable bonds is 5. The van der Waals surface area contributed by atoms with E-state index in [-0.39, 0.29) is 11.1 Å². The molecule has 1 saturated heterocycles. The van der Waals surface area contributed by atoms with Gasteiger partial charge in [-0.25, -0.2) is 14.6 Å². The second-order valence-corrected chi connectivity index (χ2v) is 7.69. The number of hydrogen-bond acceptors (Lipinski definition) is 7. The first-order chi connectivity index (χ1) is 14.7. The van der Waals surface area contributed by atoms with Crippen LogP contribution in [-0.2, 0) is 27.3 Å². The quantitative estimate of drug-likeness (QED) is 0.515. The number of imide groups is 1. The third-order valence-electron chi connectivity index (χ3n) is 5.59. The number of esters is 1. The van der Waals surface area contributed by atoms with Crippen molar-refractivity contribution in [3.05, 3.63) is 39.9 Å². The molecule has 2 N–H and O–H groups in total. The normalized spacial score (nSPS) is 20.0. The molecule has 0 aliphatic carbocycles. The maximum absolute atomic E-state index is 12.5. The predicted octanol–water partition coefficient (Wildman–Crippen LogP) is 0.251. The highest BCUT2D eigenvalue weighted by Gasteiger charge is 2.47. The van der Waals surface area contributed by atoms with Crippen LogP contribution in [0.2, 0.25) is 0 Å². The molecular weight excluding hydrogens is 406 g/mol. The number of aromatic nitrogens is 2. The van der Waals surface area contributed by atoms with Gasteiger partial charge < -0.3 is 10.1 Å². The Hall–Kier alpha value is -3.76. The lowest BCUT2D eigenvalue weighted by atomic mass is 10.00. The molecule has 4 amide bonds. The van der Waals surface area contributed by atoms with E-state index < -0.39 is 36.0 Å². The number of carbonyl (C=O) groups is 4. The summed E-state index contributed by atoms with van der Waals surface area (Å²) >= 11 is 0. The third kappa shape index (κ3) is 3.51. The highest BCUT2D eigenvalue weighted by molar-refractivity contribution is 6.07. The summed E-state index contributed by atoms with van der Waals surface area (Å²) in [4.78, 5) is 65.6. The van der Waals surface area contributed by atoms with E-state index in [4.69, 9.17) is 4.74 Å². The lowest BCUT2D eigenvalue weighted by molar-refractivity contribution is -0.139. The van der Waals surface area contributed by atoms with E-state index in [0.29, 0.717) is 41.1 Å². The molecule has 2 aliphatic rings. The van der Waals surface area contributed by atoms with Crippen molar-refractivity contribution < 1.29 is 23.9 Å². The van der Waals surface area contributed by atoms with Crippen LogP contribution in [-0.4, -0.2) is 50.5 Å². The topological polar surface area (TPSA) is 140 Å². The van der Waals surface area contributed by atoms with E-state index >= 15 is 0 Å². The number of hydrogen-bond donors (Lipinski definition) is 2. The number of urea groups is 1. The molecule has 0 saturated carbocycles. The van der Waals surface area contributed by atoms with Crippen LogP contribution in [0.25, 0.3) is 10.9 Å². The van der Waals surface area contributed by atoms with Gasteiger partial charge in [0.15, 0.2) is 6.61 Å². The summed E-state index contributed by atoms with van der Waals surface area (Å²) in [7, 11) is 0. The monoisotopic (exact) mass is 427 g/mol.